The Balaban J connectivity index is 1.43. The third kappa shape index (κ3) is 7.55. The number of hydrogen-bond donors (Lipinski definition) is 1. The predicted molar refractivity (Wildman–Crippen MR) is 128 cm³/mol. The van der Waals surface area contributed by atoms with Gasteiger partial charge in [0.25, 0.3) is 5.91 Å². The van der Waals surface area contributed by atoms with Crippen molar-refractivity contribution in [3.05, 3.63) is 59.7 Å². The Morgan fingerprint density at radius 2 is 1.70 bits per heavy atom. The highest BCUT2D eigenvalue weighted by Gasteiger charge is 2.26. The summed E-state index contributed by atoms with van der Waals surface area (Å²) in [6, 6.07) is 14.0. The Bertz CT molecular complexity index is 969. The summed E-state index contributed by atoms with van der Waals surface area (Å²) in [5, 5.41) is 2.91. The summed E-state index contributed by atoms with van der Waals surface area (Å²) < 4.78 is 37.8. The standard InChI is InChI=1S/C25H34N2O5S/c1-2-3-4-5-18-32-23-10-8-22(9-11-23)25(28)26-15-14-21-6-12-24(13-7-21)33(29,30)27-16-19-31-20-17-27/h6-13H,2-5,14-20H2,1H3,(H,26,28). The van der Waals surface area contributed by atoms with Crippen LogP contribution in [0.25, 0.3) is 0 Å². The lowest BCUT2D eigenvalue weighted by Crippen LogP contribution is -2.40. The van der Waals surface area contributed by atoms with Crippen LogP contribution in [0.2, 0.25) is 0 Å². The van der Waals surface area contributed by atoms with Gasteiger partial charge in [0.15, 0.2) is 0 Å². The summed E-state index contributed by atoms with van der Waals surface area (Å²) >= 11 is 0. The average molecular weight is 475 g/mol. The molecule has 1 N–H and O–H groups in total. The zero-order valence-corrected chi connectivity index (χ0v) is 20.1. The number of hydrogen-bond acceptors (Lipinski definition) is 5. The Kier molecular flexibility index (Phi) is 9.72. The van der Waals surface area contributed by atoms with Gasteiger partial charge >= 0.3 is 0 Å². The highest BCUT2D eigenvalue weighted by Crippen LogP contribution is 2.18. The van der Waals surface area contributed by atoms with Gasteiger partial charge in [0, 0.05) is 25.2 Å². The van der Waals surface area contributed by atoms with Crippen molar-refractivity contribution in [2.75, 3.05) is 39.5 Å². The molecule has 8 heteroatoms. The topological polar surface area (TPSA) is 84.9 Å². The van der Waals surface area contributed by atoms with E-state index in [4.69, 9.17) is 9.47 Å². The van der Waals surface area contributed by atoms with Crippen molar-refractivity contribution in [3.8, 4) is 5.75 Å². The highest BCUT2D eigenvalue weighted by molar-refractivity contribution is 7.89. The van der Waals surface area contributed by atoms with Gasteiger partial charge in [-0.15, -0.1) is 0 Å². The van der Waals surface area contributed by atoms with Gasteiger partial charge < -0.3 is 14.8 Å². The number of unbranched alkanes of at least 4 members (excludes halogenated alkanes) is 3. The average Bonchev–Trinajstić information content (AvgIpc) is 2.85. The van der Waals surface area contributed by atoms with Crippen LogP contribution in [0.4, 0.5) is 0 Å². The van der Waals surface area contributed by atoms with Crippen molar-refractivity contribution in [3.63, 3.8) is 0 Å². The zero-order chi connectivity index (χ0) is 23.5. The maximum Gasteiger partial charge on any atom is 0.251 e. The van der Waals surface area contributed by atoms with Crippen molar-refractivity contribution in [2.45, 2.75) is 43.9 Å². The largest absolute Gasteiger partial charge is 0.494 e. The number of sulfonamides is 1. The van der Waals surface area contributed by atoms with E-state index in [1.165, 1.54) is 23.6 Å². The molecule has 1 aliphatic heterocycles. The maximum absolute atomic E-state index is 12.7. The zero-order valence-electron chi connectivity index (χ0n) is 19.3. The second kappa shape index (κ2) is 12.7. The third-order valence-corrected chi connectivity index (χ3v) is 7.53. The molecular formula is C25H34N2O5S. The number of amides is 1. The van der Waals surface area contributed by atoms with Gasteiger partial charge in [-0.3, -0.25) is 4.79 Å². The van der Waals surface area contributed by atoms with Gasteiger partial charge in [0.1, 0.15) is 5.75 Å². The number of carbonyl (C=O) groups excluding carboxylic acids is 1. The molecule has 0 aromatic heterocycles. The number of benzene rings is 2. The molecule has 1 heterocycles. The van der Waals surface area contributed by atoms with Crippen LogP contribution < -0.4 is 10.1 Å². The lowest BCUT2D eigenvalue weighted by molar-refractivity contribution is 0.0730. The van der Waals surface area contributed by atoms with Crippen molar-refractivity contribution in [2.24, 2.45) is 0 Å². The van der Waals surface area contributed by atoms with Gasteiger partial charge in [0.05, 0.1) is 24.7 Å². The fourth-order valence-electron chi connectivity index (χ4n) is 3.61. The Hall–Kier alpha value is -2.42. The monoisotopic (exact) mass is 474 g/mol. The molecule has 2 aromatic carbocycles. The molecule has 0 bridgehead atoms. The van der Waals surface area contributed by atoms with Gasteiger partial charge in [0.2, 0.25) is 10.0 Å². The molecule has 0 aliphatic carbocycles. The second-order valence-electron chi connectivity index (χ2n) is 8.10. The van der Waals surface area contributed by atoms with Crippen LogP contribution in [0.3, 0.4) is 0 Å². The fourth-order valence-corrected chi connectivity index (χ4v) is 5.02. The predicted octanol–water partition coefficient (Wildman–Crippen LogP) is 3.64. The minimum atomic E-state index is -3.49. The summed E-state index contributed by atoms with van der Waals surface area (Å²) in [5.74, 6) is 0.631. The molecule has 0 saturated carbocycles. The van der Waals surface area contributed by atoms with E-state index in [1.807, 2.05) is 12.1 Å². The van der Waals surface area contributed by atoms with Crippen molar-refractivity contribution >= 4 is 15.9 Å². The van der Waals surface area contributed by atoms with E-state index in [-0.39, 0.29) is 10.8 Å². The summed E-state index contributed by atoms with van der Waals surface area (Å²) in [7, 11) is -3.49. The molecule has 7 nitrogen and oxygen atoms in total. The lowest BCUT2D eigenvalue weighted by Gasteiger charge is -2.26. The highest BCUT2D eigenvalue weighted by atomic mass is 32.2. The third-order valence-electron chi connectivity index (χ3n) is 5.61. The summed E-state index contributed by atoms with van der Waals surface area (Å²) in [4.78, 5) is 12.7. The quantitative estimate of drug-likeness (QED) is 0.475. The number of carbonyl (C=O) groups is 1. The summed E-state index contributed by atoms with van der Waals surface area (Å²) in [6.45, 7) is 4.94. The first kappa shape index (κ1) is 25.2. The Labute approximate surface area is 197 Å². The van der Waals surface area contributed by atoms with Crippen molar-refractivity contribution < 1.29 is 22.7 Å². The summed E-state index contributed by atoms with van der Waals surface area (Å²) in [6.07, 6.45) is 5.24. The van der Waals surface area contributed by atoms with Gasteiger partial charge in [-0.05, 0) is 54.8 Å². The van der Waals surface area contributed by atoms with E-state index in [1.54, 1.807) is 36.4 Å². The Morgan fingerprint density at radius 1 is 1.00 bits per heavy atom. The van der Waals surface area contributed by atoms with E-state index in [2.05, 4.69) is 12.2 Å². The smallest absolute Gasteiger partial charge is 0.251 e. The van der Waals surface area contributed by atoms with Gasteiger partial charge in [-0.2, -0.15) is 4.31 Å². The van der Waals surface area contributed by atoms with Crippen LogP contribution in [0, 0.1) is 0 Å². The van der Waals surface area contributed by atoms with Crippen LogP contribution in [0.5, 0.6) is 5.75 Å². The minimum absolute atomic E-state index is 0.143. The molecule has 0 spiro atoms. The van der Waals surface area contributed by atoms with E-state index in [9.17, 15) is 13.2 Å². The number of nitrogens with zero attached hydrogens (tertiary/aromatic N) is 1. The first-order valence-corrected chi connectivity index (χ1v) is 13.1. The molecular weight excluding hydrogens is 440 g/mol. The van der Waals surface area contributed by atoms with Crippen LogP contribution >= 0.6 is 0 Å². The molecule has 180 valence electrons. The number of ether oxygens (including phenoxy) is 2. The summed E-state index contributed by atoms with van der Waals surface area (Å²) in [5.41, 5.74) is 1.54. The van der Waals surface area contributed by atoms with E-state index in [0.717, 1.165) is 17.7 Å². The van der Waals surface area contributed by atoms with Crippen LogP contribution in [0.15, 0.2) is 53.4 Å². The van der Waals surface area contributed by atoms with Crippen molar-refractivity contribution in [1.82, 2.24) is 9.62 Å². The van der Waals surface area contributed by atoms with Gasteiger partial charge in [-0.25, -0.2) is 8.42 Å². The van der Waals surface area contributed by atoms with E-state index < -0.39 is 10.0 Å². The number of rotatable bonds is 12. The molecule has 0 radical (unpaired) electrons. The SMILES string of the molecule is CCCCCCOc1ccc(C(=O)NCCc2ccc(S(=O)(=O)N3CCOCC3)cc2)cc1. The minimum Gasteiger partial charge on any atom is -0.494 e. The second-order valence-corrected chi connectivity index (χ2v) is 10.0. The molecule has 2 aromatic rings. The first-order valence-electron chi connectivity index (χ1n) is 11.7. The Morgan fingerprint density at radius 3 is 2.36 bits per heavy atom. The molecule has 0 unspecified atom stereocenters. The number of morpholine rings is 1. The molecule has 1 aliphatic rings. The molecule has 3 rings (SSSR count). The lowest BCUT2D eigenvalue weighted by atomic mass is 10.1. The molecule has 1 amide bonds. The normalized spacial score (nSPS) is 14.7. The van der Waals surface area contributed by atoms with Crippen LogP contribution in [-0.4, -0.2) is 58.1 Å². The van der Waals surface area contributed by atoms with Crippen molar-refractivity contribution in [1.29, 1.82) is 0 Å². The fraction of sp³-hybridized carbons (Fsp3) is 0.480. The molecule has 0 atom stereocenters. The molecule has 1 saturated heterocycles. The maximum atomic E-state index is 12.7. The van der Waals surface area contributed by atoms with Gasteiger partial charge in [-0.1, -0.05) is 38.3 Å². The van der Waals surface area contributed by atoms with Crippen LogP contribution in [0.1, 0.15) is 48.5 Å². The molecule has 33 heavy (non-hydrogen) atoms. The number of nitrogens with one attached hydrogen (secondary N) is 1. The van der Waals surface area contributed by atoms with E-state index in [0.29, 0.717) is 51.4 Å². The first-order chi connectivity index (χ1) is 16.0. The van der Waals surface area contributed by atoms with E-state index >= 15 is 0 Å². The van der Waals surface area contributed by atoms with Crippen LogP contribution in [-0.2, 0) is 21.2 Å². The molecule has 1 fully saturated rings.